The predicted molar refractivity (Wildman–Crippen MR) is 77.1 cm³/mol. The maximum absolute atomic E-state index is 12.1. The van der Waals surface area contributed by atoms with Crippen LogP contribution in [-0.4, -0.2) is 11.9 Å². The van der Waals surface area contributed by atoms with Gasteiger partial charge in [0.2, 0.25) is 5.91 Å². The quantitative estimate of drug-likeness (QED) is 0.892. The standard InChI is InChI=1S/C16H16N2O2/c17-16(20)18-15(19)14(13-9-5-2-6-10-13)11-12-7-3-1-4-8-12/h1-10,14H,11H2,(H3,17,18,19,20). The molecule has 1 atom stereocenters. The molecule has 3 N–H and O–H groups in total. The van der Waals surface area contributed by atoms with Gasteiger partial charge in [-0.05, 0) is 17.5 Å². The van der Waals surface area contributed by atoms with E-state index >= 15 is 0 Å². The first kappa shape index (κ1) is 13.8. The summed E-state index contributed by atoms with van der Waals surface area (Å²) >= 11 is 0. The molecule has 1 unspecified atom stereocenters. The molecule has 3 amide bonds. The zero-order chi connectivity index (χ0) is 14.4. The third-order valence-corrected chi connectivity index (χ3v) is 3.05. The molecule has 102 valence electrons. The van der Waals surface area contributed by atoms with Gasteiger partial charge < -0.3 is 5.73 Å². The first-order valence-corrected chi connectivity index (χ1v) is 6.36. The van der Waals surface area contributed by atoms with E-state index in [-0.39, 0.29) is 5.91 Å². The topological polar surface area (TPSA) is 72.2 Å². The SMILES string of the molecule is NC(=O)NC(=O)C(Cc1ccccc1)c1ccccc1. The molecule has 0 aliphatic rings. The zero-order valence-electron chi connectivity index (χ0n) is 11.0. The molecule has 4 nitrogen and oxygen atoms in total. The molecule has 0 saturated heterocycles. The van der Waals surface area contributed by atoms with Gasteiger partial charge in [-0.3, -0.25) is 10.1 Å². The van der Waals surface area contributed by atoms with E-state index in [9.17, 15) is 9.59 Å². The molecule has 0 saturated carbocycles. The Balaban J connectivity index is 2.25. The molecule has 0 aliphatic carbocycles. The lowest BCUT2D eigenvalue weighted by Crippen LogP contribution is -2.38. The highest BCUT2D eigenvalue weighted by molar-refractivity contribution is 5.97. The number of benzene rings is 2. The van der Waals surface area contributed by atoms with Crippen molar-refractivity contribution in [3.05, 3.63) is 71.8 Å². The highest BCUT2D eigenvalue weighted by Gasteiger charge is 2.21. The molecule has 2 aromatic carbocycles. The maximum atomic E-state index is 12.1. The fourth-order valence-corrected chi connectivity index (χ4v) is 2.11. The van der Waals surface area contributed by atoms with Crippen LogP contribution in [-0.2, 0) is 11.2 Å². The summed E-state index contributed by atoms with van der Waals surface area (Å²) in [6.45, 7) is 0. The highest BCUT2D eigenvalue weighted by atomic mass is 16.2. The lowest BCUT2D eigenvalue weighted by atomic mass is 9.91. The van der Waals surface area contributed by atoms with Crippen molar-refractivity contribution in [2.75, 3.05) is 0 Å². The second-order valence-electron chi connectivity index (χ2n) is 4.51. The summed E-state index contributed by atoms with van der Waals surface area (Å²) < 4.78 is 0. The Morgan fingerprint density at radius 2 is 1.50 bits per heavy atom. The minimum Gasteiger partial charge on any atom is -0.351 e. The average molecular weight is 268 g/mol. The van der Waals surface area contributed by atoms with Crippen LogP contribution in [0.1, 0.15) is 17.0 Å². The van der Waals surface area contributed by atoms with Crippen LogP contribution in [0.3, 0.4) is 0 Å². The van der Waals surface area contributed by atoms with Crippen LogP contribution in [0.2, 0.25) is 0 Å². The van der Waals surface area contributed by atoms with Gasteiger partial charge in [0, 0.05) is 0 Å². The van der Waals surface area contributed by atoms with Crippen LogP contribution >= 0.6 is 0 Å². The second kappa shape index (κ2) is 6.52. The maximum Gasteiger partial charge on any atom is 0.318 e. The Morgan fingerprint density at radius 3 is 2.05 bits per heavy atom. The first-order valence-electron chi connectivity index (χ1n) is 6.36. The Kier molecular flexibility index (Phi) is 4.50. The predicted octanol–water partition coefficient (Wildman–Crippen LogP) is 2.21. The number of rotatable bonds is 4. The summed E-state index contributed by atoms with van der Waals surface area (Å²) in [5.74, 6) is -0.821. The fourth-order valence-electron chi connectivity index (χ4n) is 2.11. The molecule has 20 heavy (non-hydrogen) atoms. The normalized spacial score (nSPS) is 11.6. The van der Waals surface area contributed by atoms with Crippen LogP contribution in [0.15, 0.2) is 60.7 Å². The van der Waals surface area contributed by atoms with Crippen molar-refractivity contribution >= 4 is 11.9 Å². The van der Waals surface area contributed by atoms with E-state index in [0.29, 0.717) is 6.42 Å². The van der Waals surface area contributed by atoms with Crippen LogP contribution < -0.4 is 11.1 Å². The number of nitrogens with two attached hydrogens (primary N) is 1. The van der Waals surface area contributed by atoms with Gasteiger partial charge in [0.25, 0.3) is 0 Å². The van der Waals surface area contributed by atoms with Gasteiger partial charge >= 0.3 is 6.03 Å². The van der Waals surface area contributed by atoms with Crippen LogP contribution in [0.25, 0.3) is 0 Å². The van der Waals surface area contributed by atoms with Crippen molar-refractivity contribution in [1.29, 1.82) is 0 Å². The van der Waals surface area contributed by atoms with Crippen molar-refractivity contribution in [2.45, 2.75) is 12.3 Å². The van der Waals surface area contributed by atoms with E-state index in [0.717, 1.165) is 11.1 Å². The second-order valence-corrected chi connectivity index (χ2v) is 4.51. The number of primary amides is 1. The van der Waals surface area contributed by atoms with Crippen molar-refractivity contribution in [2.24, 2.45) is 5.73 Å². The van der Waals surface area contributed by atoms with Gasteiger partial charge in [0.1, 0.15) is 0 Å². The highest BCUT2D eigenvalue weighted by Crippen LogP contribution is 2.21. The summed E-state index contributed by atoms with van der Waals surface area (Å²) in [6.07, 6.45) is 0.518. The number of hydrogen-bond acceptors (Lipinski definition) is 2. The van der Waals surface area contributed by atoms with Crippen LogP contribution in [0.5, 0.6) is 0 Å². The molecular weight excluding hydrogens is 252 g/mol. The molecule has 0 radical (unpaired) electrons. The molecule has 4 heteroatoms. The fraction of sp³-hybridized carbons (Fsp3) is 0.125. The number of nitrogens with one attached hydrogen (secondary N) is 1. The molecule has 2 aromatic rings. The largest absolute Gasteiger partial charge is 0.351 e. The molecule has 0 spiro atoms. The van der Waals surface area contributed by atoms with Crippen molar-refractivity contribution in [1.82, 2.24) is 5.32 Å². The van der Waals surface area contributed by atoms with Gasteiger partial charge in [-0.2, -0.15) is 0 Å². The average Bonchev–Trinajstić information content (AvgIpc) is 2.46. The van der Waals surface area contributed by atoms with E-state index in [4.69, 9.17) is 5.73 Å². The summed E-state index contributed by atoms with van der Waals surface area (Å²) in [4.78, 5) is 23.0. The monoisotopic (exact) mass is 268 g/mol. The first-order chi connectivity index (χ1) is 9.66. The minimum atomic E-state index is -0.830. The van der Waals surface area contributed by atoms with E-state index in [1.165, 1.54) is 0 Å². The van der Waals surface area contributed by atoms with Gasteiger partial charge in [-0.15, -0.1) is 0 Å². The Hall–Kier alpha value is -2.62. The number of amides is 3. The van der Waals surface area contributed by atoms with E-state index < -0.39 is 11.9 Å². The Labute approximate surface area is 117 Å². The van der Waals surface area contributed by atoms with E-state index in [1.807, 2.05) is 60.7 Å². The summed E-state index contributed by atoms with van der Waals surface area (Å²) in [6, 6.07) is 18.2. The van der Waals surface area contributed by atoms with Gasteiger partial charge in [0.15, 0.2) is 0 Å². The molecule has 0 fully saturated rings. The van der Waals surface area contributed by atoms with Gasteiger partial charge in [-0.25, -0.2) is 4.79 Å². The molecule has 0 aliphatic heterocycles. The number of carbonyl (C=O) groups excluding carboxylic acids is 2. The third kappa shape index (κ3) is 3.68. The number of hydrogen-bond donors (Lipinski definition) is 2. The van der Waals surface area contributed by atoms with Gasteiger partial charge in [-0.1, -0.05) is 60.7 Å². The van der Waals surface area contributed by atoms with Crippen molar-refractivity contribution < 1.29 is 9.59 Å². The molecule has 0 bridgehead atoms. The lowest BCUT2D eigenvalue weighted by molar-refractivity contribution is -0.121. The summed E-state index contributed by atoms with van der Waals surface area (Å²) in [7, 11) is 0. The number of imide groups is 1. The lowest BCUT2D eigenvalue weighted by Gasteiger charge is -2.16. The van der Waals surface area contributed by atoms with Crippen molar-refractivity contribution in [3.8, 4) is 0 Å². The van der Waals surface area contributed by atoms with E-state index in [2.05, 4.69) is 5.32 Å². The number of carbonyl (C=O) groups is 2. The molecule has 0 aromatic heterocycles. The molecule has 0 heterocycles. The smallest absolute Gasteiger partial charge is 0.318 e. The minimum absolute atomic E-state index is 0.382. The molecular formula is C16H16N2O2. The molecule has 2 rings (SSSR count). The number of urea groups is 1. The van der Waals surface area contributed by atoms with Crippen molar-refractivity contribution in [3.63, 3.8) is 0 Å². The van der Waals surface area contributed by atoms with Crippen LogP contribution in [0.4, 0.5) is 4.79 Å². The Morgan fingerprint density at radius 1 is 0.950 bits per heavy atom. The van der Waals surface area contributed by atoms with Crippen LogP contribution in [0, 0.1) is 0 Å². The summed E-state index contributed by atoms with van der Waals surface area (Å²) in [5.41, 5.74) is 6.92. The third-order valence-electron chi connectivity index (χ3n) is 3.05. The van der Waals surface area contributed by atoms with Gasteiger partial charge in [0.05, 0.1) is 5.92 Å². The zero-order valence-corrected chi connectivity index (χ0v) is 11.0. The summed E-state index contributed by atoms with van der Waals surface area (Å²) in [5, 5.41) is 2.16. The van der Waals surface area contributed by atoms with E-state index in [1.54, 1.807) is 0 Å². The Bertz CT molecular complexity index is 582.